The molecule has 0 saturated carbocycles. The number of hydrogen-bond donors (Lipinski definition) is 1. The van der Waals surface area contributed by atoms with Gasteiger partial charge in [0.15, 0.2) is 0 Å². The van der Waals surface area contributed by atoms with E-state index in [2.05, 4.69) is 44.3 Å². The molecule has 2 rings (SSSR count). The van der Waals surface area contributed by atoms with Gasteiger partial charge in [-0.05, 0) is 26.0 Å². The van der Waals surface area contributed by atoms with Gasteiger partial charge in [0.25, 0.3) is 0 Å². The minimum atomic E-state index is 0.242. The van der Waals surface area contributed by atoms with Crippen LogP contribution in [0.25, 0.3) is 0 Å². The summed E-state index contributed by atoms with van der Waals surface area (Å²) in [7, 11) is 0. The topological polar surface area (TPSA) is 21.3 Å². The van der Waals surface area contributed by atoms with Crippen molar-refractivity contribution in [3.63, 3.8) is 0 Å². The lowest BCUT2D eigenvalue weighted by molar-refractivity contribution is 0.210. The summed E-state index contributed by atoms with van der Waals surface area (Å²) in [6.07, 6.45) is 0.242. The van der Waals surface area contributed by atoms with Gasteiger partial charge in [0.1, 0.15) is 11.9 Å². The summed E-state index contributed by atoms with van der Waals surface area (Å²) in [6, 6.07) is 6.70. The van der Waals surface area contributed by atoms with Gasteiger partial charge >= 0.3 is 0 Å². The second-order valence-electron chi connectivity index (χ2n) is 3.85. The minimum absolute atomic E-state index is 0.242. The number of para-hydroxylation sites is 1. The minimum Gasteiger partial charge on any atom is -0.488 e. The molecule has 0 bridgehead atoms. The number of aryl methyl sites for hydroxylation is 1. The van der Waals surface area contributed by atoms with E-state index in [9.17, 15) is 0 Å². The van der Waals surface area contributed by atoms with E-state index in [1.54, 1.807) is 0 Å². The molecule has 0 fully saturated rings. The highest BCUT2D eigenvalue weighted by molar-refractivity contribution is 5.46. The van der Waals surface area contributed by atoms with Crippen LogP contribution in [0.5, 0.6) is 5.75 Å². The smallest absolute Gasteiger partial charge is 0.127 e. The number of likely N-dealkylation sites (N-methyl/N-ethyl adjacent to an activating group) is 1. The Kier molecular flexibility index (Phi) is 2.46. The predicted octanol–water partition coefficient (Wildman–Crippen LogP) is 2.43. The number of fused-ring (bicyclic) bond motifs is 1. The summed E-state index contributed by atoms with van der Waals surface area (Å²) in [5, 5.41) is 3.45. The van der Waals surface area contributed by atoms with Crippen LogP contribution in [-0.2, 0) is 0 Å². The molecule has 1 N–H and O–H groups in total. The van der Waals surface area contributed by atoms with Crippen LogP contribution in [0.3, 0.4) is 0 Å². The van der Waals surface area contributed by atoms with Gasteiger partial charge in [0, 0.05) is 5.56 Å². The molecule has 76 valence electrons. The highest BCUT2D eigenvalue weighted by atomic mass is 16.5. The lowest BCUT2D eigenvalue weighted by Gasteiger charge is -2.14. The van der Waals surface area contributed by atoms with E-state index >= 15 is 0 Å². The molecule has 0 radical (unpaired) electrons. The molecule has 2 nitrogen and oxygen atoms in total. The van der Waals surface area contributed by atoms with Crippen molar-refractivity contribution >= 4 is 0 Å². The average Bonchev–Trinajstić information content (AvgIpc) is 2.47. The van der Waals surface area contributed by atoms with E-state index in [0.29, 0.717) is 6.04 Å². The molecule has 2 unspecified atom stereocenters. The first-order valence-electron chi connectivity index (χ1n) is 5.23. The third-order valence-electron chi connectivity index (χ3n) is 2.77. The highest BCUT2D eigenvalue weighted by Gasteiger charge is 2.30. The van der Waals surface area contributed by atoms with Crippen molar-refractivity contribution in [3.8, 4) is 5.75 Å². The third-order valence-corrected chi connectivity index (χ3v) is 2.77. The molecule has 1 aliphatic heterocycles. The van der Waals surface area contributed by atoms with Crippen LogP contribution < -0.4 is 10.1 Å². The Balaban J connectivity index is 2.37. The van der Waals surface area contributed by atoms with Gasteiger partial charge in [-0.2, -0.15) is 0 Å². The Hall–Kier alpha value is -1.02. The van der Waals surface area contributed by atoms with Crippen molar-refractivity contribution in [3.05, 3.63) is 29.3 Å². The van der Waals surface area contributed by atoms with Crippen LogP contribution in [-0.4, -0.2) is 12.6 Å². The van der Waals surface area contributed by atoms with Crippen LogP contribution in [0.15, 0.2) is 18.2 Å². The first-order chi connectivity index (χ1) is 6.74. The van der Waals surface area contributed by atoms with E-state index in [-0.39, 0.29) is 6.10 Å². The molecule has 1 aliphatic rings. The SMILES string of the molecule is CCNC1c2cccc(C)c2OC1C. The largest absolute Gasteiger partial charge is 0.488 e. The molecular weight excluding hydrogens is 174 g/mol. The van der Waals surface area contributed by atoms with E-state index in [0.717, 1.165) is 12.3 Å². The Labute approximate surface area is 85.3 Å². The van der Waals surface area contributed by atoms with Gasteiger partial charge < -0.3 is 10.1 Å². The molecular formula is C12H17NO. The van der Waals surface area contributed by atoms with Crippen molar-refractivity contribution in [1.82, 2.24) is 5.32 Å². The summed E-state index contributed by atoms with van der Waals surface area (Å²) in [6.45, 7) is 7.32. The summed E-state index contributed by atoms with van der Waals surface area (Å²) in [5.41, 5.74) is 2.54. The van der Waals surface area contributed by atoms with E-state index in [1.165, 1.54) is 11.1 Å². The molecule has 1 aromatic carbocycles. The maximum absolute atomic E-state index is 5.84. The maximum atomic E-state index is 5.84. The van der Waals surface area contributed by atoms with Gasteiger partial charge in [0.05, 0.1) is 6.04 Å². The van der Waals surface area contributed by atoms with Gasteiger partial charge in [0.2, 0.25) is 0 Å². The van der Waals surface area contributed by atoms with E-state index < -0.39 is 0 Å². The number of ether oxygens (including phenoxy) is 1. The molecule has 0 amide bonds. The van der Waals surface area contributed by atoms with Crippen molar-refractivity contribution < 1.29 is 4.74 Å². The number of rotatable bonds is 2. The lowest BCUT2D eigenvalue weighted by atomic mass is 10.0. The van der Waals surface area contributed by atoms with Crippen molar-refractivity contribution in [1.29, 1.82) is 0 Å². The van der Waals surface area contributed by atoms with Crippen LogP contribution >= 0.6 is 0 Å². The van der Waals surface area contributed by atoms with Gasteiger partial charge in [-0.25, -0.2) is 0 Å². The van der Waals surface area contributed by atoms with Crippen LogP contribution in [0.1, 0.15) is 31.0 Å². The molecule has 0 saturated heterocycles. The number of hydrogen-bond acceptors (Lipinski definition) is 2. The van der Waals surface area contributed by atoms with Crippen molar-refractivity contribution in [2.24, 2.45) is 0 Å². The van der Waals surface area contributed by atoms with E-state index in [4.69, 9.17) is 4.74 Å². The lowest BCUT2D eigenvalue weighted by Crippen LogP contribution is -2.28. The number of nitrogens with one attached hydrogen (secondary N) is 1. The zero-order valence-corrected chi connectivity index (χ0v) is 9.00. The molecule has 2 heteroatoms. The molecule has 0 spiro atoms. The zero-order chi connectivity index (χ0) is 10.1. The van der Waals surface area contributed by atoms with Gasteiger partial charge in [-0.3, -0.25) is 0 Å². The summed E-state index contributed by atoms with van der Waals surface area (Å²) in [4.78, 5) is 0. The molecule has 0 aliphatic carbocycles. The van der Waals surface area contributed by atoms with Gasteiger partial charge in [-0.1, -0.05) is 25.1 Å². The first-order valence-corrected chi connectivity index (χ1v) is 5.23. The summed E-state index contributed by atoms with van der Waals surface area (Å²) >= 11 is 0. The number of benzene rings is 1. The average molecular weight is 191 g/mol. The molecule has 1 heterocycles. The Morgan fingerprint density at radius 2 is 2.21 bits per heavy atom. The first kappa shape index (κ1) is 9.53. The Morgan fingerprint density at radius 1 is 1.43 bits per heavy atom. The molecule has 0 aromatic heterocycles. The summed E-state index contributed by atoms with van der Waals surface area (Å²) in [5.74, 6) is 1.07. The third kappa shape index (κ3) is 1.40. The monoisotopic (exact) mass is 191 g/mol. The summed E-state index contributed by atoms with van der Waals surface area (Å²) < 4.78 is 5.84. The molecule has 14 heavy (non-hydrogen) atoms. The molecule has 2 atom stereocenters. The van der Waals surface area contributed by atoms with Gasteiger partial charge in [-0.15, -0.1) is 0 Å². The normalized spacial score (nSPS) is 24.5. The van der Waals surface area contributed by atoms with Crippen molar-refractivity contribution in [2.75, 3.05) is 6.54 Å². The standard InChI is InChI=1S/C12H17NO/c1-4-13-11-9(3)14-12-8(2)6-5-7-10(11)12/h5-7,9,11,13H,4H2,1-3H3. The fraction of sp³-hybridized carbons (Fsp3) is 0.500. The molecule has 1 aromatic rings. The highest BCUT2D eigenvalue weighted by Crippen LogP contribution is 2.38. The Bertz CT molecular complexity index is 335. The maximum Gasteiger partial charge on any atom is 0.127 e. The second kappa shape index (κ2) is 3.62. The van der Waals surface area contributed by atoms with Crippen LogP contribution in [0.2, 0.25) is 0 Å². The predicted molar refractivity (Wildman–Crippen MR) is 57.7 cm³/mol. The van der Waals surface area contributed by atoms with Crippen molar-refractivity contribution in [2.45, 2.75) is 32.9 Å². The van der Waals surface area contributed by atoms with E-state index in [1.807, 2.05) is 0 Å². The second-order valence-corrected chi connectivity index (χ2v) is 3.85. The fourth-order valence-corrected chi connectivity index (χ4v) is 2.08. The quantitative estimate of drug-likeness (QED) is 0.775. The van der Waals surface area contributed by atoms with Crippen LogP contribution in [0, 0.1) is 6.92 Å². The fourth-order valence-electron chi connectivity index (χ4n) is 2.08. The zero-order valence-electron chi connectivity index (χ0n) is 9.00. The van der Waals surface area contributed by atoms with Crippen LogP contribution in [0.4, 0.5) is 0 Å². The Morgan fingerprint density at radius 3 is 2.93 bits per heavy atom.